The van der Waals surface area contributed by atoms with Crippen molar-refractivity contribution in [1.82, 2.24) is 15.2 Å². The summed E-state index contributed by atoms with van der Waals surface area (Å²) in [4.78, 5) is 21.4. The first-order valence-corrected chi connectivity index (χ1v) is 9.03. The van der Waals surface area contributed by atoms with Crippen LogP contribution in [-0.2, 0) is 6.42 Å². The maximum absolute atomic E-state index is 13.0. The predicted molar refractivity (Wildman–Crippen MR) is 93.9 cm³/mol. The molecule has 0 saturated carbocycles. The van der Waals surface area contributed by atoms with Gasteiger partial charge in [0.05, 0.1) is 10.9 Å². The minimum Gasteiger partial charge on any atom is -0.328 e. The molecule has 0 spiro atoms. The number of thiophene rings is 1. The second-order valence-electron chi connectivity index (χ2n) is 5.95. The second-order valence-corrected chi connectivity index (χ2v) is 7.20. The standard InChI is InChI=1S/C18H23N3OS/c1-3-5-14-10-17(23-13(14)2)18(22)21-9-8-20-12-16(21)15-6-4-7-19-11-15/h4,6-7,10-11,16,20H,3,5,8-9,12H2,1-2H3. The maximum Gasteiger partial charge on any atom is 0.264 e. The van der Waals surface area contributed by atoms with E-state index in [0.29, 0.717) is 0 Å². The van der Waals surface area contributed by atoms with Gasteiger partial charge in [0, 0.05) is 36.9 Å². The van der Waals surface area contributed by atoms with Gasteiger partial charge in [-0.2, -0.15) is 0 Å². The molecule has 1 atom stereocenters. The fourth-order valence-corrected chi connectivity index (χ4v) is 4.13. The van der Waals surface area contributed by atoms with E-state index in [1.165, 1.54) is 10.4 Å². The average Bonchev–Trinajstić information content (AvgIpc) is 2.96. The molecule has 1 aliphatic heterocycles. The Labute approximate surface area is 141 Å². The third kappa shape index (κ3) is 3.46. The summed E-state index contributed by atoms with van der Waals surface area (Å²) in [6.45, 7) is 6.65. The van der Waals surface area contributed by atoms with Crippen LogP contribution in [0.4, 0.5) is 0 Å². The maximum atomic E-state index is 13.0. The zero-order valence-corrected chi connectivity index (χ0v) is 14.5. The van der Waals surface area contributed by atoms with Gasteiger partial charge in [0.1, 0.15) is 0 Å². The van der Waals surface area contributed by atoms with Crippen LogP contribution < -0.4 is 5.32 Å². The van der Waals surface area contributed by atoms with Gasteiger partial charge in [-0.25, -0.2) is 0 Å². The van der Waals surface area contributed by atoms with Gasteiger partial charge in [-0.3, -0.25) is 9.78 Å². The molecule has 2 aromatic rings. The van der Waals surface area contributed by atoms with Crippen LogP contribution in [0.15, 0.2) is 30.6 Å². The molecule has 1 saturated heterocycles. The molecule has 0 radical (unpaired) electrons. The average molecular weight is 329 g/mol. The minimum absolute atomic E-state index is 0.0574. The third-order valence-electron chi connectivity index (χ3n) is 4.32. The first-order valence-electron chi connectivity index (χ1n) is 8.21. The predicted octanol–water partition coefficient (Wildman–Crippen LogP) is 3.19. The molecule has 0 aromatic carbocycles. The molecule has 122 valence electrons. The number of nitrogens with one attached hydrogen (secondary N) is 1. The van der Waals surface area contributed by atoms with Crippen molar-refractivity contribution in [2.75, 3.05) is 19.6 Å². The molecule has 2 aromatic heterocycles. The number of aromatic nitrogens is 1. The highest BCUT2D eigenvalue weighted by atomic mass is 32.1. The molecule has 1 fully saturated rings. The molecule has 3 heterocycles. The monoisotopic (exact) mass is 329 g/mol. The fraction of sp³-hybridized carbons (Fsp3) is 0.444. The van der Waals surface area contributed by atoms with Gasteiger partial charge in [0.15, 0.2) is 0 Å². The molecule has 1 aliphatic rings. The van der Waals surface area contributed by atoms with E-state index in [1.807, 2.05) is 23.2 Å². The van der Waals surface area contributed by atoms with Crippen LogP contribution in [0, 0.1) is 6.92 Å². The lowest BCUT2D eigenvalue weighted by atomic mass is 10.0. The highest BCUT2D eigenvalue weighted by Crippen LogP contribution is 2.28. The minimum atomic E-state index is 0.0574. The number of pyridine rings is 1. The van der Waals surface area contributed by atoms with Gasteiger partial charge in [-0.15, -0.1) is 11.3 Å². The zero-order valence-electron chi connectivity index (χ0n) is 13.7. The summed E-state index contributed by atoms with van der Waals surface area (Å²) in [7, 11) is 0. The van der Waals surface area contributed by atoms with Gasteiger partial charge in [0.25, 0.3) is 5.91 Å². The highest BCUT2D eigenvalue weighted by Gasteiger charge is 2.29. The van der Waals surface area contributed by atoms with E-state index in [1.54, 1.807) is 17.5 Å². The Morgan fingerprint density at radius 1 is 1.52 bits per heavy atom. The van der Waals surface area contributed by atoms with Crippen LogP contribution in [0.2, 0.25) is 0 Å². The summed E-state index contributed by atoms with van der Waals surface area (Å²) >= 11 is 1.63. The molecular formula is C18H23N3OS. The van der Waals surface area contributed by atoms with Crippen LogP contribution in [0.5, 0.6) is 0 Å². The summed E-state index contributed by atoms with van der Waals surface area (Å²) in [5.41, 5.74) is 2.41. The van der Waals surface area contributed by atoms with E-state index in [4.69, 9.17) is 0 Å². The van der Waals surface area contributed by atoms with Crippen molar-refractivity contribution in [2.24, 2.45) is 0 Å². The SMILES string of the molecule is CCCc1cc(C(=O)N2CCNCC2c2cccnc2)sc1C. The van der Waals surface area contributed by atoms with Crippen LogP contribution in [0.1, 0.15) is 45.1 Å². The van der Waals surface area contributed by atoms with Crippen molar-refractivity contribution in [1.29, 1.82) is 0 Å². The van der Waals surface area contributed by atoms with Crippen LogP contribution in [0.25, 0.3) is 0 Å². The number of hydrogen-bond acceptors (Lipinski definition) is 4. The Hall–Kier alpha value is -1.72. The van der Waals surface area contributed by atoms with E-state index < -0.39 is 0 Å². The Kier molecular flexibility index (Phi) is 5.08. The van der Waals surface area contributed by atoms with E-state index in [0.717, 1.165) is 42.9 Å². The van der Waals surface area contributed by atoms with Gasteiger partial charge in [-0.1, -0.05) is 19.4 Å². The first kappa shape index (κ1) is 16.1. The summed E-state index contributed by atoms with van der Waals surface area (Å²) in [6, 6.07) is 6.13. The van der Waals surface area contributed by atoms with E-state index in [2.05, 4.69) is 30.2 Å². The molecule has 1 N–H and O–H groups in total. The normalized spacial score (nSPS) is 18.2. The number of aryl methyl sites for hydroxylation is 2. The number of hydrogen-bond donors (Lipinski definition) is 1. The molecule has 1 unspecified atom stereocenters. The largest absolute Gasteiger partial charge is 0.328 e. The summed E-state index contributed by atoms with van der Waals surface area (Å²) in [5.74, 6) is 0.149. The van der Waals surface area contributed by atoms with Gasteiger partial charge >= 0.3 is 0 Å². The molecule has 4 nitrogen and oxygen atoms in total. The first-order chi connectivity index (χ1) is 11.2. The topological polar surface area (TPSA) is 45.2 Å². The molecule has 0 bridgehead atoms. The molecular weight excluding hydrogens is 306 g/mol. The van der Waals surface area contributed by atoms with Crippen LogP contribution >= 0.6 is 11.3 Å². The van der Waals surface area contributed by atoms with Crippen LogP contribution in [-0.4, -0.2) is 35.4 Å². The Bertz CT molecular complexity index is 668. The Morgan fingerprint density at radius 2 is 2.39 bits per heavy atom. The lowest BCUT2D eigenvalue weighted by Crippen LogP contribution is -2.48. The quantitative estimate of drug-likeness (QED) is 0.937. The van der Waals surface area contributed by atoms with Crippen molar-refractivity contribution in [2.45, 2.75) is 32.7 Å². The van der Waals surface area contributed by atoms with Crippen molar-refractivity contribution in [3.8, 4) is 0 Å². The molecule has 1 amide bonds. The number of piperazine rings is 1. The van der Waals surface area contributed by atoms with Gasteiger partial charge in [0.2, 0.25) is 0 Å². The van der Waals surface area contributed by atoms with Crippen molar-refractivity contribution >= 4 is 17.2 Å². The van der Waals surface area contributed by atoms with Crippen LogP contribution in [0.3, 0.4) is 0 Å². The molecule has 5 heteroatoms. The Balaban J connectivity index is 1.85. The van der Waals surface area contributed by atoms with Crippen molar-refractivity contribution < 1.29 is 4.79 Å². The molecule has 3 rings (SSSR count). The zero-order chi connectivity index (χ0) is 16.2. The Morgan fingerprint density at radius 3 is 3.13 bits per heavy atom. The van der Waals surface area contributed by atoms with Gasteiger partial charge in [-0.05, 0) is 36.6 Å². The number of amides is 1. The van der Waals surface area contributed by atoms with Crippen molar-refractivity contribution in [3.05, 3.63) is 51.5 Å². The summed E-state index contributed by atoms with van der Waals surface area (Å²) in [5, 5.41) is 3.39. The van der Waals surface area contributed by atoms with E-state index >= 15 is 0 Å². The number of rotatable bonds is 4. The molecule has 23 heavy (non-hydrogen) atoms. The van der Waals surface area contributed by atoms with Gasteiger partial charge < -0.3 is 10.2 Å². The third-order valence-corrected chi connectivity index (χ3v) is 5.40. The number of carbonyl (C=O) groups is 1. The highest BCUT2D eigenvalue weighted by molar-refractivity contribution is 7.14. The summed E-state index contributed by atoms with van der Waals surface area (Å²) in [6.07, 6.45) is 5.78. The lowest BCUT2D eigenvalue weighted by Gasteiger charge is -2.36. The van der Waals surface area contributed by atoms with E-state index in [-0.39, 0.29) is 11.9 Å². The smallest absolute Gasteiger partial charge is 0.264 e. The lowest BCUT2D eigenvalue weighted by molar-refractivity contribution is 0.0639. The van der Waals surface area contributed by atoms with Crippen molar-refractivity contribution in [3.63, 3.8) is 0 Å². The fourth-order valence-electron chi connectivity index (χ4n) is 3.10. The number of carbonyl (C=O) groups excluding carboxylic acids is 1. The second kappa shape index (κ2) is 7.23. The van der Waals surface area contributed by atoms with E-state index in [9.17, 15) is 4.79 Å². The summed E-state index contributed by atoms with van der Waals surface area (Å²) < 4.78 is 0. The number of nitrogens with zero attached hydrogens (tertiary/aromatic N) is 2. The molecule has 0 aliphatic carbocycles.